The van der Waals surface area contributed by atoms with E-state index in [1.54, 1.807) is 12.3 Å². The Bertz CT molecular complexity index is 1080. The number of nitrogens with one attached hydrogen (secondary N) is 3. The predicted octanol–water partition coefficient (Wildman–Crippen LogP) is 0.451. The molecule has 2 atom stereocenters. The molecule has 0 aliphatic carbocycles. The minimum atomic E-state index is -3.89. The first-order chi connectivity index (χ1) is 16.1. The maximum atomic E-state index is 13.1. The van der Waals surface area contributed by atoms with Crippen molar-refractivity contribution in [1.29, 1.82) is 0 Å². The van der Waals surface area contributed by atoms with Crippen LogP contribution in [0.4, 0.5) is 10.9 Å². The first-order valence-corrected chi connectivity index (χ1v) is 13.3. The molecule has 0 unspecified atom stereocenters. The lowest BCUT2D eigenvalue weighted by atomic mass is 10.1. The third-order valence-electron chi connectivity index (χ3n) is 5.43. The van der Waals surface area contributed by atoms with Crippen molar-refractivity contribution in [2.24, 2.45) is 5.73 Å². The minimum Gasteiger partial charge on any atom is -0.368 e. The molecule has 13 heteroatoms. The Morgan fingerprint density at radius 1 is 1.18 bits per heavy atom. The summed E-state index contributed by atoms with van der Waals surface area (Å²) in [6, 6.07) is 7.53. The molecular weight excluding hydrogens is 478 g/mol. The molecule has 2 aromatic rings. The van der Waals surface area contributed by atoms with E-state index in [0.717, 1.165) is 23.4 Å². The first kappa shape index (κ1) is 26.0. The van der Waals surface area contributed by atoms with E-state index in [-0.39, 0.29) is 11.6 Å². The predicted molar refractivity (Wildman–Crippen MR) is 133 cm³/mol. The van der Waals surface area contributed by atoms with E-state index < -0.39 is 34.1 Å². The largest absolute Gasteiger partial charge is 0.368 e. The zero-order valence-electron chi connectivity index (χ0n) is 19.2. The fourth-order valence-electron chi connectivity index (χ4n) is 3.44. The minimum absolute atomic E-state index is 0.175. The van der Waals surface area contributed by atoms with Gasteiger partial charge in [-0.25, -0.2) is 4.98 Å². The maximum Gasteiger partial charge on any atom is 0.280 e. The van der Waals surface area contributed by atoms with Gasteiger partial charge in [-0.1, -0.05) is 30.3 Å². The molecule has 2 heterocycles. The fraction of sp³-hybridized carbons (Fsp3) is 0.476. The van der Waals surface area contributed by atoms with Crippen LogP contribution in [0.5, 0.6) is 0 Å². The van der Waals surface area contributed by atoms with Crippen LogP contribution in [0.15, 0.2) is 35.7 Å². The third kappa shape index (κ3) is 7.46. The Morgan fingerprint density at radius 2 is 1.91 bits per heavy atom. The Morgan fingerprint density at radius 3 is 2.62 bits per heavy atom. The van der Waals surface area contributed by atoms with Crippen LogP contribution in [0.3, 0.4) is 0 Å². The topological polar surface area (TPSA) is 150 Å². The van der Waals surface area contributed by atoms with Gasteiger partial charge >= 0.3 is 0 Å². The second-order valence-electron chi connectivity index (χ2n) is 8.22. The molecule has 3 rings (SSSR count). The Labute approximate surface area is 203 Å². The molecule has 1 aromatic heterocycles. The number of thiazole rings is 1. The average Bonchev–Trinajstić information content (AvgIpc) is 3.09. The number of nitrogens with two attached hydrogens (primary N) is 1. The van der Waals surface area contributed by atoms with Gasteiger partial charge in [-0.2, -0.15) is 17.4 Å². The number of hydrogen-bond donors (Lipinski definition) is 4. The number of carbonyl (C=O) groups excluding carboxylic acids is 2. The summed E-state index contributed by atoms with van der Waals surface area (Å²) in [6.45, 7) is 3.78. The molecule has 1 fully saturated rings. The van der Waals surface area contributed by atoms with Crippen LogP contribution >= 0.6 is 11.3 Å². The highest BCUT2D eigenvalue weighted by molar-refractivity contribution is 7.87. The summed E-state index contributed by atoms with van der Waals surface area (Å²) in [6.07, 6.45) is 0.889. The van der Waals surface area contributed by atoms with Crippen LogP contribution in [-0.2, 0) is 26.2 Å². The molecule has 1 aliphatic heterocycles. The third-order valence-corrected chi connectivity index (χ3v) is 7.82. The highest BCUT2D eigenvalue weighted by Gasteiger charge is 2.30. The number of amides is 2. The zero-order valence-corrected chi connectivity index (χ0v) is 20.9. The van der Waals surface area contributed by atoms with Crippen molar-refractivity contribution in [3.63, 3.8) is 0 Å². The molecule has 186 valence electrons. The van der Waals surface area contributed by atoms with Crippen molar-refractivity contribution in [2.75, 3.05) is 43.9 Å². The lowest BCUT2D eigenvalue weighted by Gasteiger charge is -2.24. The fourth-order valence-corrected chi connectivity index (χ4v) is 5.48. The number of likely N-dealkylation sites (N-methyl/N-ethyl adjacent to an activating group) is 1. The number of hydrogen-bond acceptors (Lipinski definition) is 8. The van der Waals surface area contributed by atoms with E-state index in [4.69, 9.17) is 5.73 Å². The van der Waals surface area contributed by atoms with Gasteiger partial charge in [-0.15, -0.1) is 11.3 Å². The number of anilines is 2. The molecule has 0 radical (unpaired) electrons. The van der Waals surface area contributed by atoms with Gasteiger partial charge in [0.05, 0.1) is 0 Å². The van der Waals surface area contributed by atoms with Crippen LogP contribution in [0, 0.1) is 0 Å². The number of primary amides is 1. The molecule has 2 amide bonds. The van der Waals surface area contributed by atoms with E-state index in [1.165, 1.54) is 4.31 Å². The monoisotopic (exact) mass is 509 g/mol. The van der Waals surface area contributed by atoms with Gasteiger partial charge in [-0.3, -0.25) is 9.59 Å². The summed E-state index contributed by atoms with van der Waals surface area (Å²) in [5.41, 5.74) is 6.07. The number of carbonyl (C=O) groups is 2. The van der Waals surface area contributed by atoms with Gasteiger partial charge in [0.1, 0.15) is 17.9 Å². The molecule has 0 saturated carbocycles. The summed E-state index contributed by atoms with van der Waals surface area (Å²) in [4.78, 5) is 30.7. The van der Waals surface area contributed by atoms with Crippen molar-refractivity contribution < 1.29 is 18.0 Å². The van der Waals surface area contributed by atoms with Crippen molar-refractivity contribution in [1.82, 2.24) is 18.9 Å². The van der Waals surface area contributed by atoms with E-state index in [2.05, 4.69) is 25.2 Å². The van der Waals surface area contributed by atoms with Gasteiger partial charge in [0.25, 0.3) is 10.2 Å². The van der Waals surface area contributed by atoms with Gasteiger partial charge in [0, 0.05) is 25.0 Å². The first-order valence-electron chi connectivity index (χ1n) is 11.0. The molecule has 11 nitrogen and oxygen atoms in total. The van der Waals surface area contributed by atoms with E-state index >= 15 is 0 Å². The maximum absolute atomic E-state index is 13.1. The quantitative estimate of drug-likeness (QED) is 0.363. The lowest BCUT2D eigenvalue weighted by molar-refractivity contribution is -0.118. The molecule has 5 N–H and O–H groups in total. The number of nitrogens with zero attached hydrogens (tertiary/aromatic N) is 3. The summed E-state index contributed by atoms with van der Waals surface area (Å²) >= 11 is 1.15. The molecule has 0 bridgehead atoms. The lowest BCUT2D eigenvalue weighted by Crippen LogP contribution is -2.51. The smallest absolute Gasteiger partial charge is 0.280 e. The van der Waals surface area contributed by atoms with Gasteiger partial charge in [0.2, 0.25) is 11.8 Å². The Balaban J connectivity index is 1.74. The van der Waals surface area contributed by atoms with Crippen LogP contribution in [-0.4, -0.2) is 79.7 Å². The van der Waals surface area contributed by atoms with Crippen molar-refractivity contribution >= 4 is 44.3 Å². The average molecular weight is 510 g/mol. The molecule has 0 spiro atoms. The second-order valence-corrected chi connectivity index (χ2v) is 10.8. The number of benzene rings is 1. The molecular formula is C21H31N7O4S2. The summed E-state index contributed by atoms with van der Waals surface area (Å²) in [5, 5.41) is 7.45. The molecule has 34 heavy (non-hydrogen) atoms. The van der Waals surface area contributed by atoms with E-state index in [1.807, 2.05) is 37.4 Å². The standard InChI is InChI=1S/C21H31N7O4S2/c1-15(19(22)29)23-18-14-33-21(24-18)25-20(30)17(13-16-7-4-3-5-8-16)26-34(31,32)28-10-6-9-27(2)11-12-28/h3-5,7-8,14-15,17,23,26H,6,9-13H2,1-2H3,(H2,22,29)(H,24,25,30)/t15-,17-/m0/s1. The molecule has 1 saturated heterocycles. The van der Waals surface area contributed by atoms with Crippen LogP contribution in [0.25, 0.3) is 0 Å². The number of rotatable bonds is 10. The number of aromatic nitrogens is 1. The van der Waals surface area contributed by atoms with Gasteiger partial charge in [0.15, 0.2) is 5.13 Å². The van der Waals surface area contributed by atoms with Gasteiger partial charge < -0.3 is 21.3 Å². The van der Waals surface area contributed by atoms with Crippen LogP contribution in [0.2, 0.25) is 0 Å². The van der Waals surface area contributed by atoms with E-state index in [0.29, 0.717) is 31.9 Å². The highest BCUT2D eigenvalue weighted by atomic mass is 32.2. The van der Waals surface area contributed by atoms with E-state index in [9.17, 15) is 18.0 Å². The van der Waals surface area contributed by atoms with Gasteiger partial charge in [-0.05, 0) is 38.9 Å². The SMILES string of the molecule is C[C@H](Nc1csc(NC(=O)[C@H](Cc2ccccc2)NS(=O)(=O)N2CCCN(C)CC2)n1)C(N)=O. The summed E-state index contributed by atoms with van der Waals surface area (Å²) in [7, 11) is -1.94. The van der Waals surface area contributed by atoms with Crippen molar-refractivity contribution in [2.45, 2.75) is 31.8 Å². The Hall–Kier alpha value is -2.58. The Kier molecular flexibility index (Phi) is 8.97. The molecule has 1 aliphatic rings. The molecule has 1 aromatic carbocycles. The normalized spacial score (nSPS) is 17.5. The summed E-state index contributed by atoms with van der Waals surface area (Å²) < 4.78 is 30.3. The highest BCUT2D eigenvalue weighted by Crippen LogP contribution is 2.20. The van der Waals surface area contributed by atoms with Crippen LogP contribution in [0.1, 0.15) is 18.9 Å². The second kappa shape index (κ2) is 11.7. The van der Waals surface area contributed by atoms with Crippen molar-refractivity contribution in [3.8, 4) is 0 Å². The zero-order chi connectivity index (χ0) is 24.7. The van der Waals surface area contributed by atoms with Crippen LogP contribution < -0.4 is 21.1 Å². The van der Waals surface area contributed by atoms with Crippen molar-refractivity contribution in [3.05, 3.63) is 41.3 Å². The summed E-state index contributed by atoms with van der Waals surface area (Å²) in [5.74, 6) is -0.667.